The summed E-state index contributed by atoms with van der Waals surface area (Å²) in [4.78, 5) is 25.9. The van der Waals surface area contributed by atoms with Crippen LogP contribution in [0, 0.1) is 34.0 Å². The maximum absolute atomic E-state index is 17.5. The molecule has 4 aliphatic carbocycles. The lowest BCUT2D eigenvalue weighted by atomic mass is 9.42. The molecule has 1 saturated heterocycles. The first-order chi connectivity index (χ1) is 17.7. The van der Waals surface area contributed by atoms with E-state index in [1.165, 1.54) is 12.2 Å². The number of allylic oxidation sites excluding steroid dienone is 4. The van der Waals surface area contributed by atoms with E-state index < -0.39 is 95.3 Å². The van der Waals surface area contributed by atoms with Gasteiger partial charge in [0.1, 0.15) is 37.1 Å². The van der Waals surface area contributed by atoms with Gasteiger partial charge >= 0.3 is 0 Å². The lowest BCUT2D eigenvalue weighted by Gasteiger charge is -2.64. The molecular formula is C28H39FO9. The highest BCUT2D eigenvalue weighted by atomic mass is 19.1. The molecule has 6 N–H and O–H groups in total. The van der Waals surface area contributed by atoms with Gasteiger partial charge in [-0.05, 0) is 62.0 Å². The normalized spacial score (nSPS) is 54.1. The Labute approximate surface area is 221 Å². The second-order valence-corrected chi connectivity index (χ2v) is 12.6. The van der Waals surface area contributed by atoms with Crippen molar-refractivity contribution in [1.82, 2.24) is 0 Å². The molecule has 5 rings (SSSR count). The fourth-order valence-corrected chi connectivity index (χ4v) is 9.57. The summed E-state index contributed by atoms with van der Waals surface area (Å²) in [5, 5.41) is 63.8. The number of carbonyl (C=O) groups is 2. The smallest absolute Gasteiger partial charge is 0.178 e. The Kier molecular flexibility index (Phi) is 6.63. The fraction of sp³-hybridized carbons (Fsp3) is 0.786. The molecule has 13 atom stereocenters. The predicted molar refractivity (Wildman–Crippen MR) is 131 cm³/mol. The second-order valence-electron chi connectivity index (χ2n) is 12.6. The number of aliphatic hydroxyl groups is 6. The quantitative estimate of drug-likeness (QED) is 0.289. The number of ether oxygens (including phenoxy) is 1. The molecule has 9 nitrogen and oxygen atoms in total. The maximum Gasteiger partial charge on any atom is 0.178 e. The van der Waals surface area contributed by atoms with Crippen LogP contribution in [0.4, 0.5) is 4.39 Å². The molecule has 0 aromatic carbocycles. The molecule has 1 aliphatic heterocycles. The molecule has 3 saturated carbocycles. The van der Waals surface area contributed by atoms with Gasteiger partial charge in [-0.2, -0.15) is 0 Å². The first-order valence-corrected chi connectivity index (χ1v) is 13.5. The standard InChI is InChI=1S/C28H39FO9/c1-13-8-17-16-5-4-14-9-15(32)6-7-25(14,2)28(16,29)19(33)10-26(17,3)27(13,20(34)12-31)24-23(37)22(36)21(35)18(11-30)38-24/h6-7,9,13,16-19,21-24,30-31,33,35-37H,4-5,8,10-12H2,1-3H3/t13?,16-,17-,18+,19?,21-,22-,23+,24+,25-,26-,27+,28-/m0/s1. The average molecular weight is 539 g/mol. The number of rotatable bonds is 4. The molecule has 0 amide bonds. The van der Waals surface area contributed by atoms with Gasteiger partial charge in [-0.15, -0.1) is 0 Å². The van der Waals surface area contributed by atoms with Crippen LogP contribution < -0.4 is 0 Å². The number of ketones is 2. The van der Waals surface area contributed by atoms with Crippen LogP contribution in [0.25, 0.3) is 0 Å². The zero-order valence-corrected chi connectivity index (χ0v) is 22.0. The van der Waals surface area contributed by atoms with Crippen LogP contribution in [0.15, 0.2) is 23.8 Å². The summed E-state index contributed by atoms with van der Waals surface area (Å²) in [6.45, 7) is 3.63. The fourth-order valence-electron chi connectivity index (χ4n) is 9.57. The van der Waals surface area contributed by atoms with E-state index in [1.807, 2.05) is 0 Å². The van der Waals surface area contributed by atoms with Crippen LogP contribution in [-0.4, -0.2) is 97.7 Å². The Morgan fingerprint density at radius 3 is 2.42 bits per heavy atom. The molecule has 0 radical (unpaired) electrons. The molecular weight excluding hydrogens is 499 g/mol. The number of hydrogen-bond donors (Lipinski definition) is 6. The number of carbonyl (C=O) groups excluding carboxylic acids is 2. The van der Waals surface area contributed by atoms with Crippen molar-refractivity contribution in [2.75, 3.05) is 13.2 Å². The van der Waals surface area contributed by atoms with Gasteiger partial charge in [0.15, 0.2) is 17.2 Å². The van der Waals surface area contributed by atoms with E-state index in [2.05, 4.69) is 0 Å². The molecule has 1 heterocycles. The highest BCUT2D eigenvalue weighted by Crippen LogP contribution is 2.74. The largest absolute Gasteiger partial charge is 0.394 e. The van der Waals surface area contributed by atoms with Crippen molar-refractivity contribution in [3.8, 4) is 0 Å². The third-order valence-electron chi connectivity index (χ3n) is 11.3. The molecule has 0 bridgehead atoms. The van der Waals surface area contributed by atoms with E-state index >= 15 is 4.39 Å². The zero-order valence-electron chi connectivity index (χ0n) is 22.0. The van der Waals surface area contributed by atoms with Gasteiger partial charge in [0.05, 0.1) is 18.1 Å². The minimum Gasteiger partial charge on any atom is -0.394 e. The van der Waals surface area contributed by atoms with Crippen molar-refractivity contribution < 1.29 is 49.4 Å². The summed E-state index contributed by atoms with van der Waals surface area (Å²) in [5.41, 5.74) is -5.55. The minimum atomic E-state index is -2.13. The monoisotopic (exact) mass is 538 g/mol. The minimum absolute atomic E-state index is 0.194. The first-order valence-electron chi connectivity index (χ1n) is 13.5. The van der Waals surface area contributed by atoms with E-state index in [-0.39, 0.29) is 12.2 Å². The molecule has 4 fully saturated rings. The summed E-state index contributed by atoms with van der Waals surface area (Å²) in [7, 11) is 0. The Balaban J connectivity index is 1.65. The average Bonchev–Trinajstić information content (AvgIpc) is 3.10. The molecule has 0 aromatic rings. The van der Waals surface area contributed by atoms with Crippen molar-refractivity contribution in [1.29, 1.82) is 0 Å². The van der Waals surface area contributed by atoms with Crippen molar-refractivity contribution >= 4 is 11.6 Å². The highest BCUT2D eigenvalue weighted by molar-refractivity contribution is 6.01. The van der Waals surface area contributed by atoms with E-state index in [9.17, 15) is 40.2 Å². The number of Topliss-reactive ketones (excluding diaryl/α,β-unsaturated/α-hetero) is 1. The number of hydrogen-bond acceptors (Lipinski definition) is 9. The van der Waals surface area contributed by atoms with Crippen molar-refractivity contribution in [3.63, 3.8) is 0 Å². The third-order valence-corrected chi connectivity index (χ3v) is 11.3. The van der Waals surface area contributed by atoms with E-state index in [0.29, 0.717) is 24.8 Å². The predicted octanol–water partition coefficient (Wildman–Crippen LogP) is -0.00660. The summed E-state index contributed by atoms with van der Waals surface area (Å²) in [6.07, 6.45) is -4.11. The van der Waals surface area contributed by atoms with Crippen LogP contribution in [-0.2, 0) is 14.3 Å². The Bertz CT molecular complexity index is 1070. The van der Waals surface area contributed by atoms with Gasteiger partial charge in [-0.1, -0.05) is 25.5 Å². The molecule has 5 aliphatic rings. The molecule has 10 heteroatoms. The number of alkyl halides is 1. The van der Waals surface area contributed by atoms with Gasteiger partial charge < -0.3 is 35.4 Å². The van der Waals surface area contributed by atoms with Crippen LogP contribution in [0.2, 0.25) is 0 Å². The topological polar surface area (TPSA) is 165 Å². The van der Waals surface area contributed by atoms with Gasteiger partial charge in [-0.3, -0.25) is 9.59 Å². The summed E-state index contributed by atoms with van der Waals surface area (Å²) < 4.78 is 23.5. The van der Waals surface area contributed by atoms with Gasteiger partial charge in [0.2, 0.25) is 0 Å². The van der Waals surface area contributed by atoms with Crippen LogP contribution in [0.1, 0.15) is 46.5 Å². The highest BCUT2D eigenvalue weighted by Gasteiger charge is 2.78. The molecule has 0 spiro atoms. The first kappa shape index (κ1) is 28.0. The van der Waals surface area contributed by atoms with E-state index in [0.717, 1.165) is 0 Å². The van der Waals surface area contributed by atoms with Crippen LogP contribution >= 0.6 is 0 Å². The lowest BCUT2D eigenvalue weighted by molar-refractivity contribution is -0.282. The van der Waals surface area contributed by atoms with Gasteiger partial charge in [-0.25, -0.2) is 4.39 Å². The third kappa shape index (κ3) is 3.16. The molecule has 2 unspecified atom stereocenters. The summed E-state index contributed by atoms with van der Waals surface area (Å²) >= 11 is 0. The van der Waals surface area contributed by atoms with E-state index in [4.69, 9.17) is 4.74 Å². The molecule has 212 valence electrons. The van der Waals surface area contributed by atoms with E-state index in [1.54, 1.807) is 26.8 Å². The van der Waals surface area contributed by atoms with Crippen LogP contribution in [0.3, 0.4) is 0 Å². The van der Waals surface area contributed by atoms with Gasteiger partial charge in [0, 0.05) is 11.3 Å². The van der Waals surface area contributed by atoms with Crippen molar-refractivity contribution in [3.05, 3.63) is 23.8 Å². The second kappa shape index (κ2) is 8.99. The zero-order chi connectivity index (χ0) is 28.0. The number of fused-ring (bicyclic) bond motifs is 5. The molecule has 0 aromatic heterocycles. The lowest BCUT2D eigenvalue weighted by Crippen LogP contribution is -2.72. The summed E-state index contributed by atoms with van der Waals surface area (Å²) in [5.74, 6) is -2.64. The van der Waals surface area contributed by atoms with Gasteiger partial charge in [0.25, 0.3) is 0 Å². The Morgan fingerprint density at radius 2 is 1.79 bits per heavy atom. The Hall–Kier alpha value is -1.53. The molecule has 38 heavy (non-hydrogen) atoms. The number of halogens is 1. The number of aliphatic hydroxyl groups excluding tert-OH is 6. The SMILES string of the molecule is CC1C[C@H]2[C@@H]3CCC4=CC(=O)C=C[C@]4(C)[C@@]3(F)C(O)C[C@]2(C)[C@]1(C(=O)CO)[C@@H]1O[C@H](CO)[C@H](O)[C@H](O)[C@H]1O. The summed E-state index contributed by atoms with van der Waals surface area (Å²) in [6, 6.07) is 0. The maximum atomic E-state index is 17.5. The Morgan fingerprint density at radius 1 is 1.11 bits per heavy atom. The van der Waals surface area contributed by atoms with Crippen LogP contribution in [0.5, 0.6) is 0 Å². The van der Waals surface area contributed by atoms with Crippen molar-refractivity contribution in [2.45, 2.75) is 88.7 Å². The van der Waals surface area contributed by atoms with Crippen molar-refractivity contribution in [2.24, 2.45) is 34.0 Å².